The molecule has 2 aromatic rings. The van der Waals surface area contributed by atoms with E-state index in [4.69, 9.17) is 16.3 Å². The number of benzene rings is 2. The molecular weight excluding hydrogens is 333 g/mol. The molecule has 2 rings (SSSR count). The lowest BCUT2D eigenvalue weighted by Gasteiger charge is -2.13. The van der Waals surface area contributed by atoms with E-state index >= 15 is 0 Å². The highest BCUT2D eigenvalue weighted by atomic mass is 35.5. The minimum absolute atomic E-state index is 0. The molecule has 0 saturated heterocycles. The molecule has 2 aromatic carbocycles. The van der Waals surface area contributed by atoms with Crippen LogP contribution in [0.4, 0.5) is 0 Å². The molecule has 0 aromatic heterocycles. The smallest absolute Gasteiger partial charge is 0.118 e. The summed E-state index contributed by atoms with van der Waals surface area (Å²) in [4.78, 5) is 0. The van der Waals surface area contributed by atoms with Crippen LogP contribution in [-0.2, 0) is 6.42 Å². The van der Waals surface area contributed by atoms with E-state index < -0.39 is 6.10 Å². The van der Waals surface area contributed by atoms with Crippen LogP contribution in [0.3, 0.4) is 0 Å². The van der Waals surface area contributed by atoms with Crippen LogP contribution in [0, 0.1) is 0 Å². The Morgan fingerprint density at radius 2 is 1.78 bits per heavy atom. The van der Waals surface area contributed by atoms with Crippen molar-refractivity contribution in [3.63, 3.8) is 0 Å². The molecule has 0 radical (unpaired) electrons. The van der Waals surface area contributed by atoms with Crippen LogP contribution in [0.1, 0.15) is 23.7 Å². The number of aliphatic hydroxyl groups is 1. The van der Waals surface area contributed by atoms with Crippen molar-refractivity contribution in [2.45, 2.75) is 18.9 Å². The molecule has 0 saturated carbocycles. The monoisotopic (exact) mass is 355 g/mol. The molecule has 0 spiro atoms. The minimum atomic E-state index is -0.526. The third-order valence-corrected chi connectivity index (χ3v) is 3.95. The number of nitrogens with one attached hydrogen (secondary N) is 1. The average molecular weight is 356 g/mol. The third kappa shape index (κ3) is 6.40. The lowest BCUT2D eigenvalue weighted by molar-refractivity contribution is 0.167. The fourth-order valence-corrected chi connectivity index (χ4v) is 2.55. The van der Waals surface area contributed by atoms with Gasteiger partial charge in [0.2, 0.25) is 0 Å². The molecule has 0 heterocycles. The van der Waals surface area contributed by atoms with E-state index in [2.05, 4.69) is 17.4 Å². The van der Waals surface area contributed by atoms with Crippen LogP contribution < -0.4 is 10.1 Å². The Labute approximate surface area is 149 Å². The maximum Gasteiger partial charge on any atom is 0.118 e. The summed E-state index contributed by atoms with van der Waals surface area (Å²) in [5.74, 6) is 0.875. The van der Waals surface area contributed by atoms with Gasteiger partial charge in [-0.2, -0.15) is 0 Å². The molecule has 3 nitrogen and oxygen atoms in total. The van der Waals surface area contributed by atoms with Gasteiger partial charge in [-0.15, -0.1) is 12.4 Å². The van der Waals surface area contributed by atoms with Crippen molar-refractivity contribution < 1.29 is 9.84 Å². The van der Waals surface area contributed by atoms with Crippen molar-refractivity contribution in [1.29, 1.82) is 0 Å². The van der Waals surface area contributed by atoms with Crippen molar-refractivity contribution in [2.24, 2.45) is 0 Å². The van der Waals surface area contributed by atoms with Crippen molar-refractivity contribution in [2.75, 3.05) is 20.2 Å². The number of methoxy groups -OCH3 is 1. The highest BCUT2D eigenvalue weighted by Crippen LogP contribution is 2.24. The normalized spacial score (nSPS) is 11.6. The highest BCUT2D eigenvalue weighted by Gasteiger charge is 2.10. The van der Waals surface area contributed by atoms with E-state index in [-0.39, 0.29) is 12.4 Å². The molecule has 0 bridgehead atoms. The maximum atomic E-state index is 10.1. The first-order valence-electron chi connectivity index (χ1n) is 7.47. The van der Waals surface area contributed by atoms with Crippen molar-refractivity contribution in [1.82, 2.24) is 5.32 Å². The summed E-state index contributed by atoms with van der Waals surface area (Å²) in [5.41, 5.74) is 2.06. The van der Waals surface area contributed by atoms with Gasteiger partial charge >= 0.3 is 0 Å². The average Bonchev–Trinajstić information content (AvgIpc) is 2.55. The molecule has 1 unspecified atom stereocenters. The second-order valence-corrected chi connectivity index (χ2v) is 5.58. The van der Waals surface area contributed by atoms with Gasteiger partial charge in [0.05, 0.1) is 13.2 Å². The summed E-state index contributed by atoms with van der Waals surface area (Å²) in [5, 5.41) is 14.1. The number of halogens is 2. The zero-order valence-corrected chi connectivity index (χ0v) is 14.7. The topological polar surface area (TPSA) is 41.5 Å². The minimum Gasteiger partial charge on any atom is -0.497 e. The second-order valence-electron chi connectivity index (χ2n) is 5.17. The molecule has 5 heteroatoms. The summed E-state index contributed by atoms with van der Waals surface area (Å²) >= 11 is 6.07. The number of ether oxygens (including phenoxy) is 1. The molecule has 0 aliphatic carbocycles. The largest absolute Gasteiger partial charge is 0.497 e. The molecule has 0 aliphatic rings. The fourth-order valence-electron chi connectivity index (χ4n) is 2.29. The Morgan fingerprint density at radius 3 is 2.43 bits per heavy atom. The number of rotatable bonds is 8. The zero-order chi connectivity index (χ0) is 15.8. The van der Waals surface area contributed by atoms with Crippen LogP contribution in [0.15, 0.2) is 48.5 Å². The van der Waals surface area contributed by atoms with E-state index in [1.165, 1.54) is 5.56 Å². The number of hydrogen-bond donors (Lipinski definition) is 2. The van der Waals surface area contributed by atoms with Crippen molar-refractivity contribution >= 4 is 24.0 Å². The lowest BCUT2D eigenvalue weighted by atomic mass is 10.1. The van der Waals surface area contributed by atoms with Crippen LogP contribution in [-0.4, -0.2) is 25.3 Å². The van der Waals surface area contributed by atoms with E-state index in [9.17, 15) is 5.11 Å². The lowest BCUT2D eigenvalue weighted by Crippen LogP contribution is -2.20. The number of aliphatic hydroxyl groups excluding tert-OH is 1. The molecule has 0 amide bonds. The molecule has 126 valence electrons. The van der Waals surface area contributed by atoms with Crippen LogP contribution in [0.25, 0.3) is 0 Å². The van der Waals surface area contributed by atoms with Gasteiger partial charge in [-0.25, -0.2) is 0 Å². The summed E-state index contributed by atoms with van der Waals surface area (Å²) in [7, 11) is 1.67. The standard InChI is InChI=1S/C18H22ClNO2.ClH/c1-22-15-8-6-14(7-9-15)10-12-20-13-11-18(21)16-4-2-3-5-17(16)19;/h2-9,18,20-21H,10-13H2,1H3;1H. The Hall–Kier alpha value is -1.26. The fraction of sp³-hybridized carbons (Fsp3) is 0.333. The zero-order valence-electron chi connectivity index (χ0n) is 13.2. The summed E-state index contributed by atoms with van der Waals surface area (Å²) in [6.45, 7) is 1.63. The first kappa shape index (κ1) is 19.8. The number of hydrogen-bond acceptors (Lipinski definition) is 3. The molecule has 0 fully saturated rings. The summed E-state index contributed by atoms with van der Waals surface area (Å²) in [6.07, 6.45) is 1.07. The van der Waals surface area contributed by atoms with Gasteiger partial charge in [0.25, 0.3) is 0 Å². The maximum absolute atomic E-state index is 10.1. The second kappa shape index (κ2) is 10.5. The van der Waals surface area contributed by atoms with Gasteiger partial charge in [-0.05, 0) is 55.3 Å². The van der Waals surface area contributed by atoms with Crippen molar-refractivity contribution in [3.05, 3.63) is 64.7 Å². The quantitative estimate of drug-likeness (QED) is 0.702. The first-order chi connectivity index (χ1) is 10.7. The summed E-state index contributed by atoms with van der Waals surface area (Å²) in [6, 6.07) is 15.5. The van der Waals surface area contributed by atoms with Crippen LogP contribution in [0.2, 0.25) is 5.02 Å². The molecular formula is C18H23Cl2NO2. The first-order valence-corrected chi connectivity index (χ1v) is 7.84. The van der Waals surface area contributed by atoms with Gasteiger partial charge in [0.1, 0.15) is 5.75 Å². The van der Waals surface area contributed by atoms with E-state index in [0.717, 1.165) is 30.8 Å². The van der Waals surface area contributed by atoms with Gasteiger partial charge in [-0.3, -0.25) is 0 Å². The Bertz CT molecular complexity index is 575. The van der Waals surface area contributed by atoms with E-state index in [1.807, 2.05) is 30.3 Å². The Balaban J connectivity index is 0.00000264. The van der Waals surface area contributed by atoms with Gasteiger partial charge < -0.3 is 15.2 Å². The highest BCUT2D eigenvalue weighted by molar-refractivity contribution is 6.31. The molecule has 0 aliphatic heterocycles. The predicted molar refractivity (Wildman–Crippen MR) is 97.8 cm³/mol. The van der Waals surface area contributed by atoms with Crippen molar-refractivity contribution in [3.8, 4) is 5.75 Å². The molecule has 23 heavy (non-hydrogen) atoms. The summed E-state index contributed by atoms with van der Waals surface area (Å²) < 4.78 is 5.14. The Morgan fingerprint density at radius 1 is 1.09 bits per heavy atom. The van der Waals surface area contributed by atoms with Gasteiger partial charge in [0.15, 0.2) is 0 Å². The van der Waals surface area contributed by atoms with E-state index in [1.54, 1.807) is 13.2 Å². The molecule has 2 N–H and O–H groups in total. The SMILES string of the molecule is COc1ccc(CCNCCC(O)c2ccccc2Cl)cc1.Cl. The predicted octanol–water partition coefficient (Wildman–Crippen LogP) is 4.03. The van der Waals surface area contributed by atoms with Gasteiger partial charge in [-0.1, -0.05) is 41.9 Å². The third-order valence-electron chi connectivity index (χ3n) is 3.61. The van der Waals surface area contributed by atoms with Crippen LogP contribution in [0.5, 0.6) is 5.75 Å². The van der Waals surface area contributed by atoms with Gasteiger partial charge in [0, 0.05) is 5.02 Å². The Kier molecular flexibility index (Phi) is 9.03. The van der Waals surface area contributed by atoms with Crippen LogP contribution >= 0.6 is 24.0 Å². The molecule has 1 atom stereocenters. The van der Waals surface area contributed by atoms with E-state index in [0.29, 0.717) is 11.4 Å².